The van der Waals surface area contributed by atoms with Crippen LogP contribution in [-0.2, 0) is 25.6 Å². The van der Waals surface area contributed by atoms with Gasteiger partial charge in [-0.25, -0.2) is 0 Å². The monoisotopic (exact) mass is 331 g/mol. The van der Waals surface area contributed by atoms with Crippen molar-refractivity contribution in [3.63, 3.8) is 0 Å². The number of Topliss-reactive ketones (excluding diaryl/α,β-unsaturated/α-hetero) is 2. The van der Waals surface area contributed by atoms with Gasteiger partial charge in [-0.05, 0) is 5.56 Å². The van der Waals surface area contributed by atoms with Crippen LogP contribution in [0.5, 0.6) is 0 Å². The Morgan fingerprint density at radius 2 is 1.54 bits per heavy atom. The molecule has 0 saturated carbocycles. The van der Waals surface area contributed by atoms with Gasteiger partial charge in [-0.2, -0.15) is 0 Å². The Labute approximate surface area is 142 Å². The maximum absolute atomic E-state index is 11.9. The van der Waals surface area contributed by atoms with E-state index in [-0.39, 0.29) is 11.8 Å². The molecular formula is C19H25NO4. The number of benzene rings is 1. The van der Waals surface area contributed by atoms with E-state index >= 15 is 0 Å². The fraction of sp³-hybridized carbons (Fsp3) is 0.579. The molecule has 2 unspecified atom stereocenters. The van der Waals surface area contributed by atoms with E-state index < -0.39 is 0 Å². The van der Waals surface area contributed by atoms with Crippen molar-refractivity contribution >= 4 is 11.6 Å². The number of likely N-dealkylation sites (tertiary alicyclic amines) is 1. The second kappa shape index (κ2) is 8.51. The number of carbonyl (C=O) groups is 2. The summed E-state index contributed by atoms with van der Waals surface area (Å²) >= 11 is 0. The molecule has 0 N–H and O–H groups in total. The summed E-state index contributed by atoms with van der Waals surface area (Å²) in [5.41, 5.74) is 1.32. The lowest BCUT2D eigenvalue weighted by Crippen LogP contribution is -2.52. The molecule has 24 heavy (non-hydrogen) atoms. The molecule has 1 aromatic carbocycles. The van der Waals surface area contributed by atoms with Gasteiger partial charge in [-0.15, -0.1) is 0 Å². The molecule has 1 aromatic rings. The molecule has 4 rings (SSSR count). The third kappa shape index (κ3) is 4.72. The molecule has 0 aliphatic carbocycles. The molecule has 0 spiro atoms. The lowest BCUT2D eigenvalue weighted by atomic mass is 9.86. The van der Waals surface area contributed by atoms with Gasteiger partial charge < -0.3 is 9.47 Å². The zero-order valence-corrected chi connectivity index (χ0v) is 14.0. The van der Waals surface area contributed by atoms with E-state index in [0.29, 0.717) is 50.8 Å². The van der Waals surface area contributed by atoms with Gasteiger partial charge in [0, 0.05) is 32.5 Å². The fourth-order valence-electron chi connectivity index (χ4n) is 3.40. The molecule has 5 nitrogen and oxygen atoms in total. The molecule has 3 heterocycles. The van der Waals surface area contributed by atoms with E-state index in [0.717, 1.165) is 19.6 Å². The standard InChI is InChI=1S/C14H17NO2.C5H8O2/c16-14-12-7-15(8-13(14)10-17-9-12)6-11-4-2-1-3-5-11;6-5-1-3-7-4-2-5/h1-5,12-13H,6-10H2;1-4H2. The van der Waals surface area contributed by atoms with Crippen molar-refractivity contribution in [2.24, 2.45) is 11.8 Å². The maximum atomic E-state index is 11.9. The molecule has 2 bridgehead atoms. The topological polar surface area (TPSA) is 55.8 Å². The quantitative estimate of drug-likeness (QED) is 0.826. The van der Waals surface area contributed by atoms with Gasteiger partial charge in [0.1, 0.15) is 11.6 Å². The summed E-state index contributed by atoms with van der Waals surface area (Å²) in [7, 11) is 0. The van der Waals surface area contributed by atoms with E-state index in [2.05, 4.69) is 29.2 Å². The van der Waals surface area contributed by atoms with Crippen LogP contribution in [-0.4, -0.2) is 56.0 Å². The van der Waals surface area contributed by atoms with E-state index in [1.165, 1.54) is 5.56 Å². The van der Waals surface area contributed by atoms with E-state index in [4.69, 9.17) is 9.47 Å². The predicted octanol–water partition coefficient (Wildman–Crippen LogP) is 1.70. The van der Waals surface area contributed by atoms with Crippen molar-refractivity contribution in [3.05, 3.63) is 35.9 Å². The van der Waals surface area contributed by atoms with Crippen molar-refractivity contribution in [1.82, 2.24) is 4.90 Å². The first-order valence-corrected chi connectivity index (χ1v) is 8.69. The molecule has 3 aliphatic heterocycles. The Hall–Kier alpha value is -1.56. The van der Waals surface area contributed by atoms with Crippen molar-refractivity contribution in [2.75, 3.05) is 39.5 Å². The zero-order valence-electron chi connectivity index (χ0n) is 14.0. The van der Waals surface area contributed by atoms with Gasteiger partial charge in [-0.1, -0.05) is 30.3 Å². The van der Waals surface area contributed by atoms with Crippen molar-refractivity contribution in [1.29, 1.82) is 0 Å². The minimum atomic E-state index is 0.103. The molecule has 0 aromatic heterocycles. The van der Waals surface area contributed by atoms with Crippen LogP contribution in [0.4, 0.5) is 0 Å². The Bertz CT molecular complexity index is 536. The summed E-state index contributed by atoms with van der Waals surface area (Å²) in [5.74, 6) is 0.962. The minimum absolute atomic E-state index is 0.103. The fourth-order valence-corrected chi connectivity index (χ4v) is 3.40. The number of fused-ring (bicyclic) bond motifs is 2. The van der Waals surface area contributed by atoms with Crippen molar-refractivity contribution in [3.8, 4) is 0 Å². The second-order valence-electron chi connectivity index (χ2n) is 6.66. The predicted molar refractivity (Wildman–Crippen MR) is 89.6 cm³/mol. The first-order chi connectivity index (χ1) is 11.7. The number of hydrogen-bond acceptors (Lipinski definition) is 5. The third-order valence-electron chi connectivity index (χ3n) is 4.70. The van der Waals surface area contributed by atoms with Gasteiger partial charge >= 0.3 is 0 Å². The molecule has 0 radical (unpaired) electrons. The van der Waals surface area contributed by atoms with Crippen LogP contribution in [0.25, 0.3) is 0 Å². The van der Waals surface area contributed by atoms with E-state index in [1.807, 2.05) is 6.07 Å². The van der Waals surface area contributed by atoms with Crippen LogP contribution < -0.4 is 0 Å². The third-order valence-corrected chi connectivity index (χ3v) is 4.70. The highest BCUT2D eigenvalue weighted by atomic mass is 16.5. The number of rotatable bonds is 2. The average Bonchev–Trinajstić information content (AvgIpc) is 2.58. The first kappa shape index (κ1) is 17.3. The van der Waals surface area contributed by atoms with Gasteiger partial charge in [0.15, 0.2) is 0 Å². The summed E-state index contributed by atoms with van der Waals surface area (Å²) in [6.45, 7) is 5.15. The molecule has 3 aliphatic rings. The van der Waals surface area contributed by atoms with Crippen molar-refractivity contribution < 1.29 is 19.1 Å². The minimum Gasteiger partial charge on any atom is -0.381 e. The Kier molecular flexibility index (Phi) is 6.12. The molecule has 0 amide bonds. The summed E-state index contributed by atoms with van der Waals surface area (Å²) in [6.07, 6.45) is 1.25. The lowest BCUT2D eigenvalue weighted by Gasteiger charge is -2.39. The van der Waals surface area contributed by atoms with Gasteiger partial charge in [0.2, 0.25) is 0 Å². The van der Waals surface area contributed by atoms with E-state index in [9.17, 15) is 9.59 Å². The van der Waals surface area contributed by atoms with Gasteiger partial charge in [0.25, 0.3) is 0 Å². The zero-order chi connectivity index (χ0) is 16.8. The Morgan fingerprint density at radius 1 is 0.917 bits per heavy atom. The summed E-state index contributed by atoms with van der Waals surface area (Å²) in [6, 6.07) is 10.4. The van der Waals surface area contributed by atoms with Gasteiger partial charge in [-0.3, -0.25) is 14.5 Å². The maximum Gasteiger partial charge on any atom is 0.146 e. The number of hydrogen-bond donors (Lipinski definition) is 0. The normalized spacial score (nSPS) is 27.3. The highest BCUT2D eigenvalue weighted by Gasteiger charge is 2.38. The lowest BCUT2D eigenvalue weighted by molar-refractivity contribution is -0.145. The number of nitrogens with zero attached hydrogens (tertiary/aromatic N) is 1. The van der Waals surface area contributed by atoms with Crippen molar-refractivity contribution in [2.45, 2.75) is 19.4 Å². The van der Waals surface area contributed by atoms with Crippen LogP contribution in [0.2, 0.25) is 0 Å². The average molecular weight is 331 g/mol. The molecular weight excluding hydrogens is 306 g/mol. The van der Waals surface area contributed by atoms with E-state index in [1.54, 1.807) is 0 Å². The van der Waals surface area contributed by atoms with Gasteiger partial charge in [0.05, 0.1) is 38.3 Å². The summed E-state index contributed by atoms with van der Waals surface area (Å²) < 4.78 is 10.4. The largest absolute Gasteiger partial charge is 0.381 e. The number of ketones is 2. The number of piperidine rings is 1. The molecule has 3 saturated heterocycles. The Balaban J connectivity index is 0.000000203. The Morgan fingerprint density at radius 3 is 2.08 bits per heavy atom. The molecule has 5 heteroatoms. The SMILES string of the molecule is O=C1C2COCC1CN(Cc1ccccc1)C2.O=C1CCOCC1. The first-order valence-electron chi connectivity index (χ1n) is 8.69. The molecule has 3 fully saturated rings. The number of ether oxygens (including phenoxy) is 2. The highest BCUT2D eigenvalue weighted by Crippen LogP contribution is 2.24. The molecule has 130 valence electrons. The molecule has 2 atom stereocenters. The summed E-state index contributed by atoms with van der Waals surface area (Å²) in [5, 5.41) is 0. The second-order valence-corrected chi connectivity index (χ2v) is 6.66. The van der Waals surface area contributed by atoms with Crippen LogP contribution in [0.3, 0.4) is 0 Å². The number of carbonyl (C=O) groups excluding carboxylic acids is 2. The smallest absolute Gasteiger partial charge is 0.146 e. The van der Waals surface area contributed by atoms with Crippen LogP contribution >= 0.6 is 0 Å². The van der Waals surface area contributed by atoms with Crippen LogP contribution in [0.1, 0.15) is 18.4 Å². The van der Waals surface area contributed by atoms with Crippen LogP contribution in [0.15, 0.2) is 30.3 Å². The summed E-state index contributed by atoms with van der Waals surface area (Å²) in [4.78, 5) is 24.7. The van der Waals surface area contributed by atoms with Crippen LogP contribution in [0, 0.1) is 11.8 Å². The highest BCUT2D eigenvalue weighted by molar-refractivity contribution is 5.85.